The number of nitrogens with zero attached hydrogens (tertiary/aromatic N) is 1. The number of nitrogens with one attached hydrogen (secondary N) is 8. The number of carbonyl (C=O) groups is 10. The zero-order chi connectivity index (χ0) is 55.4. The zero-order valence-corrected chi connectivity index (χ0v) is 43.2. The Kier molecular flexibility index (Phi) is 26.3. The van der Waals surface area contributed by atoms with Gasteiger partial charge >= 0.3 is 6.09 Å². The van der Waals surface area contributed by atoms with Gasteiger partial charge < -0.3 is 83.3 Å². The lowest BCUT2D eigenvalue weighted by Gasteiger charge is -2.43. The molecule has 72 heavy (non-hydrogen) atoms. The van der Waals surface area contributed by atoms with Gasteiger partial charge in [-0.15, -0.1) is 0 Å². The number of carbonyl (C=O) groups excluding carboxylic acids is 10. The molecule has 11 atom stereocenters. The minimum atomic E-state index is -2.64. The van der Waals surface area contributed by atoms with E-state index in [0.29, 0.717) is 18.5 Å². The first-order valence-corrected chi connectivity index (χ1v) is 24.3. The van der Waals surface area contributed by atoms with E-state index in [4.69, 9.17) is 20.9 Å². The van der Waals surface area contributed by atoms with Gasteiger partial charge in [0, 0.05) is 43.4 Å². The van der Waals surface area contributed by atoms with Crippen molar-refractivity contribution in [1.29, 1.82) is 0 Å². The first kappa shape index (κ1) is 64.1. The molecular weight excluding hydrogens is 971 g/mol. The fourth-order valence-corrected chi connectivity index (χ4v) is 8.07. The number of alkyl carbamates (subject to hydrolysis) is 1. The maximum absolute atomic E-state index is 15.2. The summed E-state index contributed by atoms with van der Waals surface area (Å²) in [4.78, 5) is 134. The molecule has 0 bridgehead atoms. The number of rotatable bonds is 31. The maximum atomic E-state index is 15.2. The van der Waals surface area contributed by atoms with Crippen molar-refractivity contribution in [2.24, 2.45) is 23.3 Å². The molecule has 1 unspecified atom stereocenters. The molecule has 1 rings (SSSR count). The molecule has 0 saturated carbocycles. The Morgan fingerprint density at radius 2 is 1.47 bits per heavy atom. The van der Waals surface area contributed by atoms with Gasteiger partial charge in [-0.25, -0.2) is 4.79 Å². The number of ketones is 1. The average molecular weight is 1050 g/mol. The third kappa shape index (κ3) is 20.3. The lowest BCUT2D eigenvalue weighted by Crippen LogP contribution is -2.70. The SMILES string of the molecule is C=C(CC)NC(=C)[S@+]([O-])CC(NC(=O)CNC(=O)[C@@H](NC(=O)CNC(C)=O)[C@@H](C)CC)C(=O)N[C@@H](CC(N)=O)C(=O)[C@](CNC(=O)OC(C)(C)C)(OC)N1C[C@H](O)C[C@H]1C(=O)N[C@H](C(N)=O)[C@@H](C)[C@@H](O)CO. The van der Waals surface area contributed by atoms with Crippen LogP contribution in [0.2, 0.25) is 0 Å². The third-order valence-corrected chi connectivity index (χ3v) is 12.6. The summed E-state index contributed by atoms with van der Waals surface area (Å²) in [7, 11) is 0.965. The Bertz CT molecular complexity index is 1990. The molecule has 0 aliphatic carbocycles. The number of hydrogen-bond acceptors (Lipinski definition) is 18. The second kappa shape index (κ2) is 29.6. The van der Waals surface area contributed by atoms with Gasteiger partial charge in [0.25, 0.3) is 0 Å². The number of aliphatic hydroxyl groups excluding tert-OH is 3. The van der Waals surface area contributed by atoms with E-state index >= 15 is 4.79 Å². The van der Waals surface area contributed by atoms with E-state index in [-0.39, 0.29) is 5.03 Å². The highest BCUT2D eigenvalue weighted by Crippen LogP contribution is 2.31. The van der Waals surface area contributed by atoms with Crippen molar-refractivity contribution in [1.82, 2.24) is 47.4 Å². The molecule has 1 aliphatic rings. The second-order valence-corrected chi connectivity index (χ2v) is 19.7. The van der Waals surface area contributed by atoms with Gasteiger partial charge in [-0.2, -0.15) is 0 Å². The Labute approximate surface area is 421 Å². The summed E-state index contributed by atoms with van der Waals surface area (Å²) >= 11 is -2.21. The number of nitrogens with two attached hydrogens (primary N) is 2. The topological polar surface area (TPSA) is 424 Å². The van der Waals surface area contributed by atoms with Gasteiger partial charge in [0.05, 0.1) is 50.9 Å². The van der Waals surface area contributed by atoms with E-state index in [2.05, 4.69) is 55.7 Å². The molecule has 1 saturated heterocycles. The van der Waals surface area contributed by atoms with Crippen LogP contribution in [0.5, 0.6) is 0 Å². The number of ether oxygens (including phenoxy) is 2. The van der Waals surface area contributed by atoms with Gasteiger partial charge in [0.15, 0.2) is 6.04 Å². The van der Waals surface area contributed by atoms with Crippen LogP contribution in [0, 0.1) is 11.8 Å². The maximum Gasteiger partial charge on any atom is 0.407 e. The summed E-state index contributed by atoms with van der Waals surface area (Å²) in [5.74, 6) is -11.4. The van der Waals surface area contributed by atoms with Gasteiger partial charge in [-0.05, 0) is 46.1 Å². The van der Waals surface area contributed by atoms with Crippen LogP contribution in [0.4, 0.5) is 4.79 Å². The molecule has 1 fully saturated rings. The van der Waals surface area contributed by atoms with Crippen molar-refractivity contribution in [2.75, 3.05) is 45.6 Å². The molecule has 408 valence electrons. The van der Waals surface area contributed by atoms with E-state index in [0.717, 1.165) is 12.0 Å². The van der Waals surface area contributed by atoms with Crippen LogP contribution in [0.15, 0.2) is 23.9 Å². The van der Waals surface area contributed by atoms with Crippen LogP contribution in [0.3, 0.4) is 0 Å². The van der Waals surface area contributed by atoms with Crippen LogP contribution in [-0.4, -0.2) is 183 Å². The molecule has 15 N–H and O–H groups in total. The Hall–Kier alpha value is -5.91. The number of amides is 9. The number of β-amino-alcohol motifs (C(OH)–C–C–N with tert-alkyl or cyclic N) is 1. The fourth-order valence-electron chi connectivity index (χ4n) is 7.07. The molecule has 1 heterocycles. The van der Waals surface area contributed by atoms with E-state index in [9.17, 15) is 63.0 Å². The van der Waals surface area contributed by atoms with Crippen LogP contribution in [0.1, 0.15) is 81.1 Å². The highest BCUT2D eigenvalue weighted by Gasteiger charge is 2.56. The van der Waals surface area contributed by atoms with Crippen LogP contribution in [0.25, 0.3) is 0 Å². The number of aliphatic hydroxyl groups is 3. The molecule has 0 aromatic rings. The summed E-state index contributed by atoms with van der Waals surface area (Å²) in [6, 6.07) is -8.35. The Morgan fingerprint density at radius 3 is 1.99 bits per heavy atom. The molecule has 0 radical (unpaired) electrons. The smallest absolute Gasteiger partial charge is 0.407 e. The quantitative estimate of drug-likeness (QED) is 0.0290. The minimum absolute atomic E-state index is 0.152. The van der Waals surface area contributed by atoms with Gasteiger partial charge in [-0.3, -0.25) is 48.1 Å². The van der Waals surface area contributed by atoms with Crippen LogP contribution < -0.4 is 54.0 Å². The molecule has 0 aromatic carbocycles. The molecule has 28 heteroatoms. The van der Waals surface area contributed by atoms with Gasteiger partial charge in [-0.1, -0.05) is 40.7 Å². The predicted molar refractivity (Wildman–Crippen MR) is 259 cm³/mol. The average Bonchev–Trinajstić information content (AvgIpc) is 3.70. The minimum Gasteiger partial charge on any atom is -0.610 e. The highest BCUT2D eigenvalue weighted by molar-refractivity contribution is 7.95. The normalized spacial score (nSPS) is 18.8. The van der Waals surface area contributed by atoms with Crippen molar-refractivity contribution < 1.29 is 77.3 Å². The number of allylic oxidation sites excluding steroid dienone is 1. The van der Waals surface area contributed by atoms with E-state index in [1.165, 1.54) is 34.6 Å². The molecule has 27 nitrogen and oxygen atoms in total. The summed E-state index contributed by atoms with van der Waals surface area (Å²) in [6.45, 7) is 16.1. The molecule has 0 spiro atoms. The van der Waals surface area contributed by atoms with Crippen molar-refractivity contribution in [2.45, 2.75) is 135 Å². The third-order valence-electron chi connectivity index (χ3n) is 11.3. The number of likely N-dealkylation sites (tertiary alicyclic amines) is 1. The number of primary amides is 2. The number of methoxy groups -OCH3 is 1. The van der Waals surface area contributed by atoms with Crippen molar-refractivity contribution in [3.05, 3.63) is 23.9 Å². The number of hydrogen-bond donors (Lipinski definition) is 13. The summed E-state index contributed by atoms with van der Waals surface area (Å²) in [5.41, 5.74) is 7.79. The van der Waals surface area contributed by atoms with Crippen LogP contribution >= 0.6 is 0 Å². The second-order valence-electron chi connectivity index (χ2n) is 18.2. The first-order chi connectivity index (χ1) is 33.4. The zero-order valence-electron chi connectivity index (χ0n) is 42.3. The van der Waals surface area contributed by atoms with Crippen molar-refractivity contribution in [3.63, 3.8) is 0 Å². The largest absolute Gasteiger partial charge is 0.610 e. The summed E-state index contributed by atoms with van der Waals surface area (Å²) < 4.78 is 24.8. The lowest BCUT2D eigenvalue weighted by atomic mass is 9.93. The predicted octanol–water partition coefficient (Wildman–Crippen LogP) is -4.82. The fraction of sp³-hybridized carbons (Fsp3) is 0.682. The summed E-state index contributed by atoms with van der Waals surface area (Å²) in [5, 5.41) is 50.0. The summed E-state index contributed by atoms with van der Waals surface area (Å²) in [6.07, 6.45) is -4.77. The van der Waals surface area contributed by atoms with Crippen LogP contribution in [-0.2, 0) is 63.8 Å². The Morgan fingerprint density at radius 1 is 0.875 bits per heavy atom. The monoisotopic (exact) mass is 1050 g/mol. The van der Waals surface area contributed by atoms with E-state index in [1.54, 1.807) is 20.8 Å². The molecular formula is C44H75N11O16S. The first-order valence-electron chi connectivity index (χ1n) is 23.0. The Balaban J connectivity index is 3.87. The van der Waals surface area contributed by atoms with Gasteiger partial charge in [0.1, 0.15) is 29.5 Å². The molecule has 1 aliphatic heterocycles. The van der Waals surface area contributed by atoms with Gasteiger partial charge in [0.2, 0.25) is 63.8 Å². The number of Topliss-reactive ketones (excluding diaryl/α,β-unsaturated/α-hetero) is 1. The molecule has 0 aromatic heterocycles. The van der Waals surface area contributed by atoms with E-state index < -0.39 is 187 Å². The van der Waals surface area contributed by atoms with E-state index in [1.807, 2.05) is 0 Å². The van der Waals surface area contributed by atoms with Crippen molar-refractivity contribution in [3.8, 4) is 0 Å². The highest BCUT2D eigenvalue weighted by atomic mass is 32.2. The molecule has 9 amide bonds. The van der Waals surface area contributed by atoms with Crippen molar-refractivity contribution >= 4 is 70.3 Å². The standard InChI is InChI=1S/C44H75N11O16S/c1-12-22(3)35(53-34(62)16-47-25(6)57)41(67)48-17-33(61)51-29(20-72(69)26(7)50-23(4)13-2)39(65)52-28(15-32(45)60)37(63)44(70-11,21-49-42(68)71-43(8,9)10)55-18-27(58)14-30(55)40(66)54-36(38(46)64)24(5)31(59)19-56/h22,24,27-31,35-36,50,56,58-59H,4,7,12-21H2,1-3,5-6,8-11H3,(H2,45,60)(H2,46,64)(H,47,57)(H,48,67)(H,49,68)(H,51,61)(H,52,65)(H,53,62)(H,54,66)/t22-,24-,27+,28-,29?,30-,31-,35-,36-,44-,72+/m0/s1. The lowest BCUT2D eigenvalue weighted by molar-refractivity contribution is -0.177.